The maximum atomic E-state index is 15.3. The summed E-state index contributed by atoms with van der Waals surface area (Å²) in [7, 11) is 0. The zero-order valence-electron chi connectivity index (χ0n) is 21.2. The van der Waals surface area contributed by atoms with Gasteiger partial charge in [0.2, 0.25) is 0 Å². The number of quaternary nitrogens is 2. The molecule has 2 heterocycles. The van der Waals surface area contributed by atoms with Gasteiger partial charge in [-0.25, -0.2) is 4.39 Å². The highest BCUT2D eigenvalue weighted by molar-refractivity contribution is 7.16. The molecule has 0 bridgehead atoms. The fraction of sp³-hybridized carbons (Fsp3) is 0.258. The molecule has 3 N–H and O–H groups in total. The van der Waals surface area contributed by atoms with E-state index in [1.807, 2.05) is 42.5 Å². The molecule has 0 aliphatic carbocycles. The van der Waals surface area contributed by atoms with Crippen LogP contribution in [0, 0.1) is 5.82 Å². The van der Waals surface area contributed by atoms with E-state index in [-0.39, 0.29) is 17.8 Å². The van der Waals surface area contributed by atoms with Crippen molar-refractivity contribution < 1.29 is 19.0 Å². The SMILES string of the molecule is CCc1cc(C(c2ccccc2F)[NH+]2CC[NH+](Cc3ccccc3)CC2)c(NC(=O)c2ccccc2)s1. The monoisotopic (exact) mass is 515 g/mol. The normalized spacial score (nSPS) is 18.3. The molecule has 0 spiro atoms. The molecule has 190 valence electrons. The van der Waals surface area contributed by atoms with Crippen molar-refractivity contribution in [3.05, 3.63) is 124 Å². The van der Waals surface area contributed by atoms with Crippen LogP contribution < -0.4 is 15.1 Å². The maximum absolute atomic E-state index is 15.3. The van der Waals surface area contributed by atoms with Gasteiger partial charge in [-0.05, 0) is 36.8 Å². The zero-order chi connectivity index (χ0) is 25.6. The van der Waals surface area contributed by atoms with Crippen molar-refractivity contribution in [2.45, 2.75) is 25.9 Å². The third-order valence-corrected chi connectivity index (χ3v) is 8.47. The number of aryl methyl sites for hydroxylation is 1. The Labute approximate surface area is 222 Å². The average Bonchev–Trinajstić information content (AvgIpc) is 3.34. The van der Waals surface area contributed by atoms with Gasteiger partial charge in [-0.3, -0.25) is 4.79 Å². The molecule has 1 fully saturated rings. The minimum atomic E-state index is -0.191. The smallest absolute Gasteiger partial charge is 0.256 e. The average molecular weight is 516 g/mol. The molecule has 37 heavy (non-hydrogen) atoms. The molecule has 1 aromatic heterocycles. The molecule has 3 aromatic carbocycles. The Morgan fingerprint density at radius 3 is 2.22 bits per heavy atom. The second kappa shape index (κ2) is 11.8. The number of amides is 1. The Balaban J connectivity index is 1.44. The summed E-state index contributed by atoms with van der Waals surface area (Å²) in [6.07, 6.45) is 0.868. The molecule has 6 heteroatoms. The molecule has 1 amide bonds. The molecule has 5 rings (SSSR count). The van der Waals surface area contributed by atoms with E-state index < -0.39 is 0 Å². The number of anilines is 1. The fourth-order valence-electron chi connectivity index (χ4n) is 5.30. The zero-order valence-corrected chi connectivity index (χ0v) is 22.0. The fourth-order valence-corrected chi connectivity index (χ4v) is 6.33. The first kappa shape index (κ1) is 25.3. The first-order chi connectivity index (χ1) is 18.1. The first-order valence-corrected chi connectivity index (χ1v) is 13.9. The minimum Gasteiger partial charge on any atom is -0.322 e. The van der Waals surface area contributed by atoms with Crippen molar-refractivity contribution in [3.63, 3.8) is 0 Å². The van der Waals surface area contributed by atoms with E-state index in [1.165, 1.54) is 15.3 Å². The Morgan fingerprint density at radius 2 is 1.54 bits per heavy atom. The largest absolute Gasteiger partial charge is 0.322 e. The van der Waals surface area contributed by atoms with Gasteiger partial charge in [0.1, 0.15) is 49.6 Å². The highest BCUT2D eigenvalue weighted by Crippen LogP contribution is 2.36. The summed E-state index contributed by atoms with van der Waals surface area (Å²) in [6.45, 7) is 7.04. The number of benzene rings is 3. The molecular formula is C31H34FN3OS+2. The van der Waals surface area contributed by atoms with Crippen molar-refractivity contribution in [1.82, 2.24) is 0 Å². The lowest BCUT2D eigenvalue weighted by atomic mass is 9.96. The van der Waals surface area contributed by atoms with Crippen LogP contribution >= 0.6 is 11.3 Å². The van der Waals surface area contributed by atoms with Crippen LogP contribution in [0.4, 0.5) is 9.39 Å². The Bertz CT molecular complexity index is 1320. The van der Waals surface area contributed by atoms with Crippen LogP contribution in [0.25, 0.3) is 0 Å². The number of piperazine rings is 1. The second-order valence-corrected chi connectivity index (χ2v) is 10.8. The number of nitrogens with one attached hydrogen (secondary N) is 3. The highest BCUT2D eigenvalue weighted by atomic mass is 32.1. The van der Waals surface area contributed by atoms with Crippen LogP contribution in [0.3, 0.4) is 0 Å². The van der Waals surface area contributed by atoms with Crippen molar-refractivity contribution in [2.75, 3.05) is 31.5 Å². The van der Waals surface area contributed by atoms with Crippen LogP contribution in [0.5, 0.6) is 0 Å². The minimum absolute atomic E-state index is 0.134. The number of thiophene rings is 1. The van der Waals surface area contributed by atoms with E-state index in [2.05, 4.69) is 48.6 Å². The molecule has 1 aliphatic heterocycles. The summed E-state index contributed by atoms with van der Waals surface area (Å²) in [5, 5.41) is 3.99. The van der Waals surface area contributed by atoms with Crippen molar-refractivity contribution >= 4 is 22.2 Å². The molecule has 0 radical (unpaired) electrons. The van der Waals surface area contributed by atoms with Gasteiger partial charge >= 0.3 is 0 Å². The van der Waals surface area contributed by atoms with E-state index in [1.54, 1.807) is 28.4 Å². The second-order valence-electron chi connectivity index (χ2n) is 9.70. The van der Waals surface area contributed by atoms with Crippen LogP contribution in [-0.2, 0) is 13.0 Å². The number of halogens is 1. The molecule has 0 saturated carbocycles. The third-order valence-electron chi connectivity index (χ3n) is 7.26. The van der Waals surface area contributed by atoms with Gasteiger partial charge in [0.15, 0.2) is 0 Å². The molecule has 4 nitrogen and oxygen atoms in total. The van der Waals surface area contributed by atoms with Crippen LogP contribution in [-0.4, -0.2) is 32.1 Å². The molecule has 4 aromatic rings. The van der Waals surface area contributed by atoms with E-state index in [9.17, 15) is 4.79 Å². The predicted octanol–water partition coefficient (Wildman–Crippen LogP) is 3.77. The Morgan fingerprint density at radius 1 is 0.892 bits per heavy atom. The molecule has 1 saturated heterocycles. The van der Waals surface area contributed by atoms with Crippen LogP contribution in [0.1, 0.15) is 44.9 Å². The van der Waals surface area contributed by atoms with Gasteiger partial charge in [-0.1, -0.05) is 67.6 Å². The lowest BCUT2D eigenvalue weighted by Gasteiger charge is -2.35. The van der Waals surface area contributed by atoms with E-state index >= 15 is 4.39 Å². The molecule has 1 unspecified atom stereocenters. The van der Waals surface area contributed by atoms with Gasteiger partial charge in [0.25, 0.3) is 5.91 Å². The van der Waals surface area contributed by atoms with Gasteiger partial charge in [-0.2, -0.15) is 0 Å². The molecule has 1 atom stereocenters. The van der Waals surface area contributed by atoms with E-state index in [0.29, 0.717) is 11.1 Å². The number of hydrogen-bond donors (Lipinski definition) is 3. The summed E-state index contributed by atoms with van der Waals surface area (Å²) in [4.78, 5) is 17.2. The lowest BCUT2D eigenvalue weighted by molar-refractivity contribution is -1.03. The van der Waals surface area contributed by atoms with Gasteiger partial charge in [0, 0.05) is 27.1 Å². The van der Waals surface area contributed by atoms with Gasteiger partial charge < -0.3 is 15.1 Å². The van der Waals surface area contributed by atoms with E-state index in [4.69, 9.17) is 0 Å². The third kappa shape index (κ3) is 5.99. The van der Waals surface area contributed by atoms with Gasteiger partial charge in [-0.15, -0.1) is 11.3 Å². The number of rotatable bonds is 8. The standard InChI is InChI=1S/C31H32FN3OS/c1-2-25-21-27(31(37-25)33-30(36)24-13-7-4-8-14-24)29(26-15-9-10-16-28(26)32)35-19-17-34(18-20-35)22-23-11-5-3-6-12-23/h3-16,21,29H,2,17-20,22H2,1H3,(H,33,36)/p+2. The molecule has 1 aliphatic rings. The first-order valence-electron chi connectivity index (χ1n) is 13.1. The maximum Gasteiger partial charge on any atom is 0.256 e. The number of carbonyl (C=O) groups excluding carboxylic acids is 1. The van der Waals surface area contributed by atoms with Crippen LogP contribution in [0.2, 0.25) is 0 Å². The van der Waals surface area contributed by atoms with E-state index in [0.717, 1.165) is 49.7 Å². The summed E-state index contributed by atoms with van der Waals surface area (Å²) in [5.41, 5.74) is 3.67. The number of hydrogen-bond acceptors (Lipinski definition) is 2. The summed E-state index contributed by atoms with van der Waals surface area (Å²) >= 11 is 1.60. The molecular weight excluding hydrogens is 481 g/mol. The predicted molar refractivity (Wildman–Crippen MR) is 148 cm³/mol. The Hall–Kier alpha value is -3.32. The highest BCUT2D eigenvalue weighted by Gasteiger charge is 2.36. The van der Waals surface area contributed by atoms with Crippen LogP contribution in [0.15, 0.2) is 91.0 Å². The lowest BCUT2D eigenvalue weighted by Crippen LogP contribution is -3.27. The quantitative estimate of drug-likeness (QED) is 0.328. The van der Waals surface area contributed by atoms with Crippen molar-refractivity contribution in [1.29, 1.82) is 0 Å². The van der Waals surface area contributed by atoms with Gasteiger partial charge in [0.05, 0.1) is 0 Å². The number of carbonyl (C=O) groups is 1. The van der Waals surface area contributed by atoms with Crippen molar-refractivity contribution in [3.8, 4) is 0 Å². The Kier molecular flexibility index (Phi) is 8.09. The summed E-state index contributed by atoms with van der Waals surface area (Å²) in [5.74, 6) is -0.325. The summed E-state index contributed by atoms with van der Waals surface area (Å²) in [6, 6.07) is 29.0. The summed E-state index contributed by atoms with van der Waals surface area (Å²) < 4.78 is 15.3. The van der Waals surface area contributed by atoms with Crippen molar-refractivity contribution in [2.24, 2.45) is 0 Å². The topological polar surface area (TPSA) is 38.0 Å².